The van der Waals surface area contributed by atoms with Gasteiger partial charge in [0.15, 0.2) is 0 Å². The number of hydrogen-bond acceptors (Lipinski definition) is 3. The minimum absolute atomic E-state index is 0.205. The van der Waals surface area contributed by atoms with Gasteiger partial charge in [0.2, 0.25) is 5.96 Å². The number of unbranched alkanes of at least 4 members (excludes halogenated alkanes) is 1. The number of nitrogens with zero attached hydrogens (tertiary/aromatic N) is 1. The molecule has 0 amide bonds. The average Bonchev–Trinajstić information content (AvgIpc) is 2.38. The van der Waals surface area contributed by atoms with E-state index in [4.69, 9.17) is 5.14 Å². The number of hydrogen-bond donors (Lipinski definition) is 3. The van der Waals surface area contributed by atoms with Crippen molar-refractivity contribution in [3.8, 4) is 0 Å². The van der Waals surface area contributed by atoms with E-state index in [1.54, 1.807) is 0 Å². The number of guanidine groups is 1. The molecule has 0 radical (unpaired) electrons. The van der Waals surface area contributed by atoms with E-state index in [0.29, 0.717) is 13.1 Å². The third-order valence-corrected chi connectivity index (χ3v) is 3.05. The predicted molar refractivity (Wildman–Crippen MR) is 81.6 cm³/mol. The van der Waals surface area contributed by atoms with Gasteiger partial charge in [0.1, 0.15) is 0 Å². The van der Waals surface area contributed by atoms with Crippen LogP contribution in [-0.4, -0.2) is 27.5 Å². The maximum Gasteiger partial charge on any atom is 0.298 e. The second-order valence-corrected chi connectivity index (χ2v) is 5.69. The zero-order chi connectivity index (χ0) is 14.8. The molecule has 1 aromatic carbocycles. The first-order valence-corrected chi connectivity index (χ1v) is 8.18. The highest BCUT2D eigenvalue weighted by Crippen LogP contribution is 1.98. The number of nitrogens with two attached hydrogens (primary N) is 1. The molecule has 0 atom stereocenters. The van der Waals surface area contributed by atoms with Crippen molar-refractivity contribution in [3.05, 3.63) is 35.9 Å². The molecule has 0 heterocycles. The molecule has 0 saturated heterocycles. The molecule has 0 unspecified atom stereocenters. The molecule has 0 aromatic heterocycles. The van der Waals surface area contributed by atoms with E-state index in [2.05, 4.69) is 15.0 Å². The van der Waals surface area contributed by atoms with Crippen LogP contribution in [0.1, 0.15) is 25.3 Å². The lowest BCUT2D eigenvalue weighted by molar-refractivity contribution is 0.593. The maximum absolute atomic E-state index is 11.1. The standard InChI is InChI=1S/C13H22N4O2S/c1-2-3-10-15-13(17-20(14,18)19)16-11-9-12-7-5-4-6-8-12/h4-8H,2-3,9-11H2,1H3,(H2,14,18,19)(H2,15,16,17). The smallest absolute Gasteiger partial charge is 0.298 e. The minimum Gasteiger partial charge on any atom is -0.355 e. The van der Waals surface area contributed by atoms with Gasteiger partial charge in [-0.2, -0.15) is 8.42 Å². The Morgan fingerprint density at radius 1 is 1.30 bits per heavy atom. The lowest BCUT2D eigenvalue weighted by Gasteiger charge is -2.10. The van der Waals surface area contributed by atoms with Gasteiger partial charge in [-0.25, -0.2) is 9.86 Å². The second kappa shape index (κ2) is 8.55. The van der Waals surface area contributed by atoms with Crippen LogP contribution in [-0.2, 0) is 16.6 Å². The third kappa shape index (κ3) is 7.75. The Morgan fingerprint density at radius 3 is 2.60 bits per heavy atom. The predicted octanol–water partition coefficient (Wildman–Crippen LogP) is 0.768. The number of nitrogens with one attached hydrogen (secondary N) is 2. The largest absolute Gasteiger partial charge is 0.355 e. The highest BCUT2D eigenvalue weighted by atomic mass is 32.2. The first-order valence-electron chi connectivity index (χ1n) is 6.64. The van der Waals surface area contributed by atoms with Crippen LogP contribution in [0.25, 0.3) is 0 Å². The zero-order valence-electron chi connectivity index (χ0n) is 11.7. The summed E-state index contributed by atoms with van der Waals surface area (Å²) in [5, 5.41) is 7.93. The van der Waals surface area contributed by atoms with Gasteiger partial charge in [0.25, 0.3) is 10.2 Å². The van der Waals surface area contributed by atoms with Gasteiger partial charge in [-0.15, -0.1) is 0 Å². The lowest BCUT2D eigenvalue weighted by atomic mass is 10.1. The van der Waals surface area contributed by atoms with E-state index in [1.165, 1.54) is 5.56 Å². The third-order valence-electron chi connectivity index (χ3n) is 2.57. The van der Waals surface area contributed by atoms with Crippen LogP contribution in [0.3, 0.4) is 0 Å². The van der Waals surface area contributed by atoms with Gasteiger partial charge in [-0.3, -0.25) is 4.99 Å². The fourth-order valence-electron chi connectivity index (χ4n) is 1.58. The quantitative estimate of drug-likeness (QED) is 0.394. The molecule has 6 nitrogen and oxygen atoms in total. The molecular weight excluding hydrogens is 276 g/mol. The van der Waals surface area contributed by atoms with Gasteiger partial charge < -0.3 is 5.32 Å². The normalized spacial score (nSPS) is 12.2. The molecular formula is C13H22N4O2S. The van der Waals surface area contributed by atoms with Crippen molar-refractivity contribution >= 4 is 16.2 Å². The van der Waals surface area contributed by atoms with Crippen molar-refractivity contribution in [2.24, 2.45) is 10.1 Å². The molecule has 1 rings (SSSR count). The fraction of sp³-hybridized carbons (Fsp3) is 0.462. The van der Waals surface area contributed by atoms with Crippen LogP contribution >= 0.6 is 0 Å². The molecule has 0 aliphatic heterocycles. The molecule has 20 heavy (non-hydrogen) atoms. The van der Waals surface area contributed by atoms with E-state index < -0.39 is 10.2 Å². The SMILES string of the molecule is CCCCN=C(NCCc1ccccc1)NS(N)(=O)=O. The van der Waals surface area contributed by atoms with Crippen molar-refractivity contribution in [2.45, 2.75) is 26.2 Å². The maximum atomic E-state index is 11.1. The summed E-state index contributed by atoms with van der Waals surface area (Å²) < 4.78 is 24.3. The summed E-state index contributed by atoms with van der Waals surface area (Å²) >= 11 is 0. The molecule has 0 spiro atoms. The van der Waals surface area contributed by atoms with Crippen molar-refractivity contribution in [2.75, 3.05) is 13.1 Å². The Bertz CT molecular complexity index is 514. The summed E-state index contributed by atoms with van der Waals surface area (Å²) in [4.78, 5) is 4.17. The highest BCUT2D eigenvalue weighted by Gasteiger charge is 2.06. The number of benzene rings is 1. The van der Waals surface area contributed by atoms with Gasteiger partial charge in [-0.05, 0) is 18.4 Å². The van der Waals surface area contributed by atoms with Crippen LogP contribution < -0.4 is 15.2 Å². The Labute approximate surface area is 120 Å². The Balaban J connectivity index is 2.49. The summed E-state index contributed by atoms with van der Waals surface area (Å²) in [5.41, 5.74) is 1.17. The van der Waals surface area contributed by atoms with Crippen molar-refractivity contribution in [1.82, 2.24) is 10.0 Å². The van der Waals surface area contributed by atoms with Crippen LogP contribution in [0.5, 0.6) is 0 Å². The molecule has 0 fully saturated rings. The Kier molecular flexibility index (Phi) is 7.03. The fourth-order valence-corrected chi connectivity index (χ4v) is 1.98. The molecule has 1 aromatic rings. The molecule has 0 saturated carbocycles. The van der Waals surface area contributed by atoms with Gasteiger partial charge in [0.05, 0.1) is 0 Å². The van der Waals surface area contributed by atoms with E-state index in [9.17, 15) is 8.42 Å². The van der Waals surface area contributed by atoms with Crippen LogP contribution in [0.15, 0.2) is 35.3 Å². The second-order valence-electron chi connectivity index (χ2n) is 4.39. The summed E-state index contributed by atoms with van der Waals surface area (Å²) in [6.07, 6.45) is 2.67. The van der Waals surface area contributed by atoms with Crippen molar-refractivity contribution in [3.63, 3.8) is 0 Å². The van der Waals surface area contributed by atoms with E-state index in [-0.39, 0.29) is 5.96 Å². The first-order chi connectivity index (χ1) is 9.51. The van der Waals surface area contributed by atoms with Gasteiger partial charge >= 0.3 is 0 Å². The van der Waals surface area contributed by atoms with Gasteiger partial charge in [0, 0.05) is 13.1 Å². The van der Waals surface area contributed by atoms with E-state index >= 15 is 0 Å². The molecule has 0 bridgehead atoms. The Hall–Kier alpha value is -1.60. The first kappa shape index (κ1) is 16.5. The van der Waals surface area contributed by atoms with Crippen molar-refractivity contribution in [1.29, 1.82) is 0 Å². The summed E-state index contributed by atoms with van der Waals surface area (Å²) in [6.45, 7) is 3.19. The summed E-state index contributed by atoms with van der Waals surface area (Å²) in [7, 11) is -3.80. The highest BCUT2D eigenvalue weighted by molar-refractivity contribution is 7.87. The van der Waals surface area contributed by atoms with E-state index in [1.807, 2.05) is 37.3 Å². The number of rotatable bonds is 7. The van der Waals surface area contributed by atoms with Crippen LogP contribution in [0, 0.1) is 0 Å². The van der Waals surface area contributed by atoms with Crippen LogP contribution in [0.4, 0.5) is 0 Å². The zero-order valence-corrected chi connectivity index (χ0v) is 12.5. The average molecular weight is 298 g/mol. The van der Waals surface area contributed by atoms with Crippen molar-refractivity contribution < 1.29 is 8.42 Å². The summed E-state index contributed by atoms with van der Waals surface area (Å²) in [6, 6.07) is 9.92. The molecule has 4 N–H and O–H groups in total. The molecule has 7 heteroatoms. The molecule has 112 valence electrons. The Morgan fingerprint density at radius 2 is 2.00 bits per heavy atom. The monoisotopic (exact) mass is 298 g/mol. The molecule has 0 aliphatic rings. The lowest BCUT2D eigenvalue weighted by Crippen LogP contribution is -2.44. The van der Waals surface area contributed by atoms with Crippen LogP contribution in [0.2, 0.25) is 0 Å². The van der Waals surface area contributed by atoms with Gasteiger partial charge in [-0.1, -0.05) is 43.7 Å². The molecule has 0 aliphatic carbocycles. The topological polar surface area (TPSA) is 96.6 Å². The minimum atomic E-state index is -3.80. The number of aliphatic imine (C=N–C) groups is 1. The van der Waals surface area contributed by atoms with E-state index in [0.717, 1.165) is 19.3 Å². The summed E-state index contributed by atoms with van der Waals surface area (Å²) in [5.74, 6) is 0.205.